The van der Waals surface area contributed by atoms with Crippen LogP contribution < -0.4 is 5.73 Å². The lowest BCUT2D eigenvalue weighted by molar-refractivity contribution is 0.177. The van der Waals surface area contributed by atoms with Gasteiger partial charge in [-0.05, 0) is 45.6 Å². The Hall–Kier alpha value is -0.120. The van der Waals surface area contributed by atoms with Crippen LogP contribution in [-0.4, -0.2) is 53.6 Å². The molecular formula is C13H25N3. The molecule has 92 valence electrons. The molecule has 3 aliphatic rings. The van der Waals surface area contributed by atoms with Crippen LogP contribution in [-0.2, 0) is 0 Å². The normalized spacial score (nSPS) is 42.0. The number of hydrogen-bond acceptors (Lipinski definition) is 3. The molecule has 0 radical (unpaired) electrons. The van der Waals surface area contributed by atoms with E-state index in [1.54, 1.807) is 0 Å². The average molecular weight is 223 g/mol. The van der Waals surface area contributed by atoms with E-state index in [-0.39, 0.29) is 0 Å². The van der Waals surface area contributed by atoms with Crippen LogP contribution in [0.4, 0.5) is 0 Å². The molecule has 0 bridgehead atoms. The fraction of sp³-hybridized carbons (Fsp3) is 1.00. The number of nitrogens with zero attached hydrogens (tertiary/aromatic N) is 2. The molecule has 3 fully saturated rings. The predicted molar refractivity (Wildman–Crippen MR) is 66.4 cm³/mol. The average Bonchev–Trinajstić information content (AvgIpc) is 2.89. The van der Waals surface area contributed by atoms with Gasteiger partial charge in [0.25, 0.3) is 0 Å². The van der Waals surface area contributed by atoms with Crippen molar-refractivity contribution < 1.29 is 0 Å². The zero-order chi connectivity index (χ0) is 11.1. The minimum absolute atomic E-state index is 0.677. The van der Waals surface area contributed by atoms with Crippen molar-refractivity contribution in [3.63, 3.8) is 0 Å². The van der Waals surface area contributed by atoms with Gasteiger partial charge in [0.15, 0.2) is 0 Å². The van der Waals surface area contributed by atoms with Gasteiger partial charge in [-0.1, -0.05) is 0 Å². The summed E-state index contributed by atoms with van der Waals surface area (Å²) in [7, 11) is 0. The molecule has 0 aromatic heterocycles. The summed E-state index contributed by atoms with van der Waals surface area (Å²) in [5.41, 5.74) is 5.88. The van der Waals surface area contributed by atoms with E-state index in [1.165, 1.54) is 45.2 Å². The van der Waals surface area contributed by atoms with Crippen LogP contribution in [0.15, 0.2) is 0 Å². The maximum atomic E-state index is 5.88. The molecule has 3 nitrogen and oxygen atoms in total. The third-order valence-electron chi connectivity index (χ3n) is 4.78. The Labute approximate surface area is 99.0 Å². The Morgan fingerprint density at radius 1 is 1.12 bits per heavy atom. The minimum atomic E-state index is 0.677. The molecule has 3 atom stereocenters. The lowest BCUT2D eigenvalue weighted by Crippen LogP contribution is -2.44. The molecule has 3 rings (SSSR count). The van der Waals surface area contributed by atoms with Gasteiger partial charge in [-0.3, -0.25) is 9.80 Å². The van der Waals surface area contributed by atoms with Crippen molar-refractivity contribution in [2.45, 2.75) is 63.2 Å². The molecule has 0 spiro atoms. The first-order valence-corrected chi connectivity index (χ1v) is 7.01. The van der Waals surface area contributed by atoms with Crippen LogP contribution in [0.2, 0.25) is 0 Å². The first-order chi connectivity index (χ1) is 7.79. The van der Waals surface area contributed by atoms with Gasteiger partial charge >= 0.3 is 0 Å². The van der Waals surface area contributed by atoms with Gasteiger partial charge in [0.2, 0.25) is 0 Å². The van der Waals surface area contributed by atoms with E-state index >= 15 is 0 Å². The first kappa shape index (κ1) is 11.0. The summed E-state index contributed by atoms with van der Waals surface area (Å²) in [6, 6.07) is 3.21. The van der Waals surface area contributed by atoms with E-state index in [0.717, 1.165) is 24.7 Å². The lowest BCUT2D eigenvalue weighted by atomic mass is 10.1. The first-order valence-electron chi connectivity index (χ1n) is 7.01. The molecule has 0 aromatic rings. The van der Waals surface area contributed by atoms with E-state index in [2.05, 4.69) is 16.7 Å². The van der Waals surface area contributed by atoms with Crippen LogP contribution in [0.5, 0.6) is 0 Å². The van der Waals surface area contributed by atoms with Gasteiger partial charge < -0.3 is 5.73 Å². The van der Waals surface area contributed by atoms with Crippen LogP contribution in [0.25, 0.3) is 0 Å². The largest absolute Gasteiger partial charge is 0.329 e. The minimum Gasteiger partial charge on any atom is -0.329 e. The Morgan fingerprint density at radius 2 is 1.94 bits per heavy atom. The third kappa shape index (κ3) is 1.89. The smallest absolute Gasteiger partial charge is 0.0241 e. The van der Waals surface area contributed by atoms with Gasteiger partial charge in [0.1, 0.15) is 0 Å². The van der Waals surface area contributed by atoms with Gasteiger partial charge in [-0.25, -0.2) is 0 Å². The second-order valence-corrected chi connectivity index (χ2v) is 5.94. The van der Waals surface area contributed by atoms with Crippen molar-refractivity contribution in [2.24, 2.45) is 5.73 Å². The Morgan fingerprint density at radius 3 is 2.62 bits per heavy atom. The summed E-state index contributed by atoms with van der Waals surface area (Å²) in [6.07, 6.45) is 6.93. The molecule has 2 saturated heterocycles. The molecule has 2 N–H and O–H groups in total. The van der Waals surface area contributed by atoms with Gasteiger partial charge in [-0.15, -0.1) is 0 Å². The van der Waals surface area contributed by atoms with Crippen molar-refractivity contribution in [3.8, 4) is 0 Å². The monoisotopic (exact) mass is 223 g/mol. The zero-order valence-corrected chi connectivity index (χ0v) is 10.4. The number of likely N-dealkylation sites (tertiary alicyclic amines) is 2. The van der Waals surface area contributed by atoms with Crippen molar-refractivity contribution in [2.75, 3.05) is 19.6 Å². The van der Waals surface area contributed by atoms with E-state index in [4.69, 9.17) is 5.73 Å². The van der Waals surface area contributed by atoms with E-state index in [1.807, 2.05) is 0 Å². The predicted octanol–water partition coefficient (Wildman–Crippen LogP) is 1.03. The molecule has 0 aromatic carbocycles. The van der Waals surface area contributed by atoms with Gasteiger partial charge in [0.05, 0.1) is 0 Å². The van der Waals surface area contributed by atoms with Crippen molar-refractivity contribution in [1.82, 2.24) is 9.80 Å². The second kappa shape index (κ2) is 4.28. The molecule has 1 aliphatic carbocycles. The Bertz CT molecular complexity index is 252. The van der Waals surface area contributed by atoms with Crippen LogP contribution in [0.1, 0.15) is 39.0 Å². The maximum Gasteiger partial charge on any atom is 0.0241 e. The van der Waals surface area contributed by atoms with E-state index in [9.17, 15) is 0 Å². The second-order valence-electron chi connectivity index (χ2n) is 5.94. The van der Waals surface area contributed by atoms with E-state index in [0.29, 0.717) is 6.04 Å². The highest BCUT2D eigenvalue weighted by molar-refractivity contribution is 4.99. The van der Waals surface area contributed by atoms with Crippen molar-refractivity contribution in [1.29, 1.82) is 0 Å². The van der Waals surface area contributed by atoms with Crippen molar-refractivity contribution in [3.05, 3.63) is 0 Å². The highest BCUT2D eigenvalue weighted by atomic mass is 15.3. The van der Waals surface area contributed by atoms with Gasteiger partial charge in [-0.2, -0.15) is 0 Å². The summed E-state index contributed by atoms with van der Waals surface area (Å²) < 4.78 is 0. The van der Waals surface area contributed by atoms with Crippen LogP contribution in [0, 0.1) is 0 Å². The van der Waals surface area contributed by atoms with Crippen LogP contribution >= 0.6 is 0 Å². The number of rotatable bonds is 3. The quantitative estimate of drug-likeness (QED) is 0.776. The maximum absolute atomic E-state index is 5.88. The third-order valence-corrected chi connectivity index (χ3v) is 4.78. The summed E-state index contributed by atoms with van der Waals surface area (Å²) in [6.45, 7) is 5.86. The van der Waals surface area contributed by atoms with E-state index < -0.39 is 0 Å². The zero-order valence-electron chi connectivity index (χ0n) is 10.4. The fourth-order valence-corrected chi connectivity index (χ4v) is 3.77. The topological polar surface area (TPSA) is 32.5 Å². The fourth-order valence-electron chi connectivity index (χ4n) is 3.77. The van der Waals surface area contributed by atoms with Crippen molar-refractivity contribution >= 4 is 0 Å². The summed E-state index contributed by atoms with van der Waals surface area (Å²) >= 11 is 0. The molecule has 16 heavy (non-hydrogen) atoms. The Kier molecular flexibility index (Phi) is 2.94. The van der Waals surface area contributed by atoms with Crippen LogP contribution in [0.3, 0.4) is 0 Å². The molecular weight excluding hydrogens is 198 g/mol. The number of nitrogens with two attached hydrogens (primary N) is 1. The summed E-state index contributed by atoms with van der Waals surface area (Å²) in [5, 5.41) is 0. The highest BCUT2D eigenvalue weighted by Gasteiger charge is 2.42. The van der Waals surface area contributed by atoms with Gasteiger partial charge in [0, 0.05) is 37.3 Å². The summed E-state index contributed by atoms with van der Waals surface area (Å²) in [5.74, 6) is 0. The molecule has 3 unspecified atom stereocenters. The molecule has 3 heteroatoms. The standard InChI is InChI=1S/C13H25N3/c1-10-7-13(9-16(10)11-4-5-11)15-6-2-3-12(15)8-14/h10-13H,2-9,14H2,1H3. The molecule has 2 aliphatic heterocycles. The SMILES string of the molecule is CC1CC(N2CCCC2CN)CN1C1CC1. The molecule has 0 amide bonds. The highest BCUT2D eigenvalue weighted by Crippen LogP contribution is 2.36. The molecule has 1 saturated carbocycles. The summed E-state index contributed by atoms with van der Waals surface area (Å²) in [4.78, 5) is 5.45. The number of hydrogen-bond donors (Lipinski definition) is 1. The lowest BCUT2D eigenvalue weighted by Gasteiger charge is -2.29. The Balaban J connectivity index is 1.63. The molecule has 2 heterocycles.